The number of alkyl halides is 3. The number of anilines is 2. The third-order valence-electron chi connectivity index (χ3n) is 4.81. The molecule has 0 radical (unpaired) electrons. The average Bonchev–Trinajstić information content (AvgIpc) is 3.17. The summed E-state index contributed by atoms with van der Waals surface area (Å²) in [6.45, 7) is 4.34. The molecule has 1 saturated heterocycles. The van der Waals surface area contributed by atoms with Crippen molar-refractivity contribution < 1.29 is 22.7 Å². The molecule has 3 aromatic rings. The van der Waals surface area contributed by atoms with Crippen LogP contribution in [0.25, 0.3) is 11.0 Å². The molecule has 7 nitrogen and oxygen atoms in total. The Hall–Kier alpha value is -3.11. The SMILES string of the molecule is CNc1ccc(C(F)(F)F)cc1.O=CNc1c[nH]c2ncc(CN3CCOCC3)cc12. The Kier molecular flexibility index (Phi) is 7.48. The van der Waals surface area contributed by atoms with Crippen molar-refractivity contribution in [3.63, 3.8) is 0 Å². The summed E-state index contributed by atoms with van der Waals surface area (Å²) in [4.78, 5) is 20.3. The van der Waals surface area contributed by atoms with E-state index in [2.05, 4.69) is 31.6 Å². The molecule has 1 aromatic carbocycles. The molecule has 0 saturated carbocycles. The first-order valence-electron chi connectivity index (χ1n) is 9.72. The molecule has 0 atom stereocenters. The fourth-order valence-electron chi connectivity index (χ4n) is 3.16. The van der Waals surface area contributed by atoms with Gasteiger partial charge in [-0.25, -0.2) is 4.98 Å². The van der Waals surface area contributed by atoms with Crippen LogP contribution in [-0.4, -0.2) is 54.6 Å². The van der Waals surface area contributed by atoms with E-state index in [0.717, 1.165) is 67.3 Å². The van der Waals surface area contributed by atoms with Gasteiger partial charge in [-0.05, 0) is 35.9 Å². The maximum absolute atomic E-state index is 12.0. The molecule has 166 valence electrons. The lowest BCUT2D eigenvalue weighted by atomic mass is 10.2. The molecule has 0 bridgehead atoms. The number of carbonyl (C=O) groups excluding carboxylic acids is 1. The minimum Gasteiger partial charge on any atom is -0.388 e. The summed E-state index contributed by atoms with van der Waals surface area (Å²) < 4.78 is 41.3. The Morgan fingerprint density at radius 1 is 1.23 bits per heavy atom. The second-order valence-electron chi connectivity index (χ2n) is 6.92. The van der Waals surface area contributed by atoms with E-state index >= 15 is 0 Å². The summed E-state index contributed by atoms with van der Waals surface area (Å²) in [5, 5.41) is 6.36. The van der Waals surface area contributed by atoms with E-state index in [-0.39, 0.29) is 0 Å². The number of ether oxygens (including phenoxy) is 1. The second-order valence-corrected chi connectivity index (χ2v) is 6.92. The lowest BCUT2D eigenvalue weighted by Crippen LogP contribution is -2.35. The standard InChI is InChI=1S/C13H16N4O2.C8H8F3N/c18-9-16-12-7-15-13-11(12)5-10(6-14-13)8-17-1-3-19-4-2-17;1-12-7-4-2-6(3-5-7)8(9,10)11/h5-7,9H,1-4,8H2,(H,14,15)(H,16,18);2-5,12H,1H3. The molecule has 1 aliphatic heterocycles. The minimum atomic E-state index is -4.24. The van der Waals surface area contributed by atoms with Crippen LogP contribution in [0.3, 0.4) is 0 Å². The van der Waals surface area contributed by atoms with Gasteiger partial charge in [-0.15, -0.1) is 0 Å². The van der Waals surface area contributed by atoms with Gasteiger partial charge in [0.1, 0.15) is 5.65 Å². The number of hydrogen-bond donors (Lipinski definition) is 3. The van der Waals surface area contributed by atoms with Crippen LogP contribution in [0.15, 0.2) is 42.7 Å². The van der Waals surface area contributed by atoms with Crippen LogP contribution in [0.5, 0.6) is 0 Å². The van der Waals surface area contributed by atoms with Crippen LogP contribution in [0.4, 0.5) is 24.5 Å². The number of rotatable bonds is 5. The van der Waals surface area contributed by atoms with Gasteiger partial charge in [-0.2, -0.15) is 13.2 Å². The number of hydrogen-bond acceptors (Lipinski definition) is 5. The van der Waals surface area contributed by atoms with E-state index in [1.54, 1.807) is 13.2 Å². The number of amides is 1. The number of aromatic amines is 1. The topological polar surface area (TPSA) is 82.3 Å². The predicted octanol–water partition coefficient (Wildman–Crippen LogP) is 3.71. The lowest BCUT2D eigenvalue weighted by Gasteiger charge is -2.26. The van der Waals surface area contributed by atoms with Gasteiger partial charge in [0.05, 0.1) is 24.5 Å². The van der Waals surface area contributed by atoms with Crippen LogP contribution < -0.4 is 10.6 Å². The van der Waals surface area contributed by atoms with E-state index in [1.807, 2.05) is 6.20 Å². The maximum atomic E-state index is 12.0. The van der Waals surface area contributed by atoms with Gasteiger partial charge in [-0.3, -0.25) is 9.69 Å². The first-order valence-corrected chi connectivity index (χ1v) is 9.72. The average molecular weight is 435 g/mol. The van der Waals surface area contributed by atoms with E-state index in [0.29, 0.717) is 12.1 Å². The number of nitrogens with one attached hydrogen (secondary N) is 3. The van der Waals surface area contributed by atoms with E-state index in [9.17, 15) is 18.0 Å². The molecular formula is C21H24F3N5O2. The summed E-state index contributed by atoms with van der Waals surface area (Å²) in [5.41, 5.74) is 2.74. The number of morpholine rings is 1. The summed E-state index contributed by atoms with van der Waals surface area (Å²) in [6, 6.07) is 6.95. The van der Waals surface area contributed by atoms with Gasteiger partial charge >= 0.3 is 6.18 Å². The number of carbonyl (C=O) groups is 1. The van der Waals surface area contributed by atoms with Crippen molar-refractivity contribution in [2.24, 2.45) is 0 Å². The fourth-order valence-corrected chi connectivity index (χ4v) is 3.16. The summed E-state index contributed by atoms with van der Waals surface area (Å²) in [6.07, 6.45) is 0.0626. The van der Waals surface area contributed by atoms with Gasteiger partial charge in [-0.1, -0.05) is 0 Å². The normalized spacial score (nSPS) is 14.6. The highest BCUT2D eigenvalue weighted by molar-refractivity contribution is 5.94. The first-order chi connectivity index (χ1) is 14.9. The van der Waals surface area contributed by atoms with Crippen molar-refractivity contribution in [3.8, 4) is 0 Å². The molecule has 0 aliphatic carbocycles. The number of benzene rings is 1. The zero-order chi connectivity index (χ0) is 22.3. The molecule has 10 heteroatoms. The molecule has 2 aromatic heterocycles. The fraction of sp³-hybridized carbons (Fsp3) is 0.333. The van der Waals surface area contributed by atoms with Crippen molar-refractivity contribution in [2.75, 3.05) is 44.0 Å². The van der Waals surface area contributed by atoms with Crippen LogP contribution in [0.1, 0.15) is 11.1 Å². The van der Waals surface area contributed by atoms with E-state index < -0.39 is 11.7 Å². The highest BCUT2D eigenvalue weighted by Crippen LogP contribution is 2.29. The monoisotopic (exact) mass is 435 g/mol. The van der Waals surface area contributed by atoms with Crippen molar-refractivity contribution in [2.45, 2.75) is 12.7 Å². The smallest absolute Gasteiger partial charge is 0.388 e. The zero-order valence-electron chi connectivity index (χ0n) is 17.0. The van der Waals surface area contributed by atoms with Crippen molar-refractivity contribution in [1.29, 1.82) is 0 Å². The van der Waals surface area contributed by atoms with Crippen molar-refractivity contribution in [3.05, 3.63) is 53.9 Å². The van der Waals surface area contributed by atoms with Crippen LogP contribution in [-0.2, 0) is 22.3 Å². The lowest BCUT2D eigenvalue weighted by molar-refractivity contribution is -0.137. The van der Waals surface area contributed by atoms with E-state index in [4.69, 9.17) is 4.74 Å². The number of halogens is 3. The molecule has 3 heterocycles. The Labute approximate surface area is 177 Å². The third-order valence-corrected chi connectivity index (χ3v) is 4.81. The van der Waals surface area contributed by atoms with Crippen LogP contribution >= 0.6 is 0 Å². The Bertz CT molecular complexity index is 983. The van der Waals surface area contributed by atoms with E-state index in [1.165, 1.54) is 12.1 Å². The highest BCUT2D eigenvalue weighted by atomic mass is 19.4. The van der Waals surface area contributed by atoms with Gasteiger partial charge in [0.15, 0.2) is 0 Å². The molecule has 31 heavy (non-hydrogen) atoms. The number of H-pyrrole nitrogens is 1. The Morgan fingerprint density at radius 2 is 1.94 bits per heavy atom. The molecule has 1 fully saturated rings. The van der Waals surface area contributed by atoms with Crippen LogP contribution in [0, 0.1) is 0 Å². The van der Waals surface area contributed by atoms with Crippen LogP contribution in [0.2, 0.25) is 0 Å². The van der Waals surface area contributed by atoms with Gasteiger partial charge in [0.25, 0.3) is 0 Å². The summed E-state index contributed by atoms with van der Waals surface area (Å²) in [7, 11) is 1.66. The quantitative estimate of drug-likeness (QED) is 0.533. The Morgan fingerprint density at radius 3 is 2.55 bits per heavy atom. The van der Waals surface area contributed by atoms with Crippen molar-refractivity contribution in [1.82, 2.24) is 14.9 Å². The largest absolute Gasteiger partial charge is 0.416 e. The second kappa shape index (κ2) is 10.3. The number of aromatic nitrogens is 2. The number of pyridine rings is 1. The predicted molar refractivity (Wildman–Crippen MR) is 113 cm³/mol. The molecule has 1 amide bonds. The van der Waals surface area contributed by atoms with Gasteiger partial charge in [0.2, 0.25) is 6.41 Å². The number of nitrogens with zero attached hydrogens (tertiary/aromatic N) is 2. The Balaban J connectivity index is 0.000000196. The third kappa shape index (κ3) is 6.19. The molecule has 0 spiro atoms. The molecule has 1 aliphatic rings. The molecule has 4 rings (SSSR count). The first kappa shape index (κ1) is 22.6. The molecular weight excluding hydrogens is 411 g/mol. The zero-order valence-corrected chi connectivity index (χ0v) is 17.0. The highest BCUT2D eigenvalue weighted by Gasteiger charge is 2.29. The number of fused-ring (bicyclic) bond motifs is 1. The minimum absolute atomic E-state index is 0.624. The summed E-state index contributed by atoms with van der Waals surface area (Å²) >= 11 is 0. The van der Waals surface area contributed by atoms with Gasteiger partial charge in [0, 0.05) is 50.1 Å². The molecule has 0 unspecified atom stereocenters. The van der Waals surface area contributed by atoms with Gasteiger partial charge < -0.3 is 20.4 Å². The van der Waals surface area contributed by atoms with Crippen molar-refractivity contribution >= 4 is 28.8 Å². The maximum Gasteiger partial charge on any atom is 0.416 e. The molecule has 3 N–H and O–H groups in total. The summed E-state index contributed by atoms with van der Waals surface area (Å²) in [5.74, 6) is 0.